The Bertz CT molecular complexity index is 1130. The SMILES string of the molecule is C[C@H](NC(=O)CCn1ccc2cc(S(=O)(=O)N3CCCC3)ccc21)c1ccccc1. The van der Waals surface area contributed by atoms with Crippen LogP contribution in [0.5, 0.6) is 0 Å². The molecule has 1 N–H and O–H groups in total. The molecule has 2 aromatic carbocycles. The summed E-state index contributed by atoms with van der Waals surface area (Å²) in [6, 6.07) is 17.0. The molecule has 2 heterocycles. The number of aromatic nitrogens is 1. The molecule has 30 heavy (non-hydrogen) atoms. The molecule has 1 atom stereocenters. The number of sulfonamides is 1. The van der Waals surface area contributed by atoms with Gasteiger partial charge in [0.1, 0.15) is 0 Å². The molecule has 0 unspecified atom stereocenters. The summed E-state index contributed by atoms with van der Waals surface area (Å²) < 4.78 is 29.1. The fourth-order valence-corrected chi connectivity index (χ4v) is 5.52. The zero-order chi connectivity index (χ0) is 21.1. The molecule has 0 bridgehead atoms. The van der Waals surface area contributed by atoms with Gasteiger partial charge in [-0.1, -0.05) is 30.3 Å². The molecular formula is C23H27N3O3S. The minimum Gasteiger partial charge on any atom is -0.350 e. The summed E-state index contributed by atoms with van der Waals surface area (Å²) >= 11 is 0. The van der Waals surface area contributed by atoms with Crippen LogP contribution >= 0.6 is 0 Å². The lowest BCUT2D eigenvalue weighted by Gasteiger charge is -2.16. The minimum absolute atomic E-state index is 0.0126. The Morgan fingerprint density at radius 1 is 1.07 bits per heavy atom. The van der Waals surface area contributed by atoms with Crippen molar-refractivity contribution in [2.24, 2.45) is 0 Å². The van der Waals surface area contributed by atoms with Crippen molar-refractivity contribution in [3.05, 3.63) is 66.4 Å². The quantitative estimate of drug-likeness (QED) is 0.628. The van der Waals surface area contributed by atoms with Gasteiger partial charge in [-0.15, -0.1) is 0 Å². The number of fused-ring (bicyclic) bond motifs is 1. The first-order valence-electron chi connectivity index (χ1n) is 10.4. The number of aryl methyl sites for hydroxylation is 1. The lowest BCUT2D eigenvalue weighted by molar-refractivity contribution is -0.121. The smallest absolute Gasteiger partial charge is 0.243 e. The van der Waals surface area contributed by atoms with Crippen molar-refractivity contribution >= 4 is 26.8 Å². The van der Waals surface area contributed by atoms with Gasteiger partial charge >= 0.3 is 0 Å². The van der Waals surface area contributed by atoms with Gasteiger partial charge in [-0.05, 0) is 49.6 Å². The molecule has 1 aliphatic rings. The zero-order valence-electron chi connectivity index (χ0n) is 17.1. The first-order chi connectivity index (χ1) is 14.4. The van der Waals surface area contributed by atoms with Gasteiger partial charge in [-0.2, -0.15) is 4.31 Å². The summed E-state index contributed by atoms with van der Waals surface area (Å²) in [5.74, 6) is -0.0126. The van der Waals surface area contributed by atoms with Crippen molar-refractivity contribution in [1.29, 1.82) is 0 Å². The first-order valence-corrected chi connectivity index (χ1v) is 11.8. The highest BCUT2D eigenvalue weighted by atomic mass is 32.2. The highest BCUT2D eigenvalue weighted by Gasteiger charge is 2.27. The zero-order valence-corrected chi connectivity index (χ0v) is 17.9. The number of hydrogen-bond donors (Lipinski definition) is 1. The Labute approximate surface area is 177 Å². The molecule has 0 spiro atoms. The number of hydrogen-bond acceptors (Lipinski definition) is 3. The molecule has 1 amide bonds. The van der Waals surface area contributed by atoms with Crippen molar-refractivity contribution < 1.29 is 13.2 Å². The highest BCUT2D eigenvalue weighted by molar-refractivity contribution is 7.89. The van der Waals surface area contributed by atoms with Crippen molar-refractivity contribution in [2.45, 2.75) is 43.7 Å². The summed E-state index contributed by atoms with van der Waals surface area (Å²) in [4.78, 5) is 12.7. The van der Waals surface area contributed by atoms with Crippen LogP contribution in [-0.2, 0) is 21.4 Å². The molecule has 7 heteroatoms. The molecule has 6 nitrogen and oxygen atoms in total. The second-order valence-corrected chi connectivity index (χ2v) is 9.73. The topological polar surface area (TPSA) is 71.4 Å². The van der Waals surface area contributed by atoms with E-state index in [1.54, 1.807) is 16.4 Å². The molecule has 158 valence electrons. The summed E-state index contributed by atoms with van der Waals surface area (Å²) in [6.45, 7) is 3.70. The van der Waals surface area contributed by atoms with Crippen LogP contribution < -0.4 is 5.32 Å². The number of benzene rings is 2. The predicted molar refractivity (Wildman–Crippen MR) is 118 cm³/mol. The Balaban J connectivity index is 1.42. The first kappa shape index (κ1) is 20.6. The molecule has 1 fully saturated rings. The number of amides is 1. The molecule has 0 saturated carbocycles. The highest BCUT2D eigenvalue weighted by Crippen LogP contribution is 2.25. The molecule has 1 aliphatic heterocycles. The number of nitrogens with zero attached hydrogens (tertiary/aromatic N) is 2. The van der Waals surface area contributed by atoms with Crippen molar-refractivity contribution in [2.75, 3.05) is 13.1 Å². The number of carbonyl (C=O) groups excluding carboxylic acids is 1. The molecule has 0 radical (unpaired) electrons. The summed E-state index contributed by atoms with van der Waals surface area (Å²) in [5.41, 5.74) is 2.00. The van der Waals surface area contributed by atoms with E-state index in [9.17, 15) is 13.2 Å². The number of nitrogens with one attached hydrogen (secondary N) is 1. The largest absolute Gasteiger partial charge is 0.350 e. The van der Waals surface area contributed by atoms with Crippen LogP contribution in [0.4, 0.5) is 0 Å². The Kier molecular flexibility index (Phi) is 5.92. The van der Waals surface area contributed by atoms with Gasteiger partial charge in [-0.25, -0.2) is 8.42 Å². The van der Waals surface area contributed by atoms with E-state index >= 15 is 0 Å². The van der Waals surface area contributed by atoms with E-state index in [1.165, 1.54) is 0 Å². The monoisotopic (exact) mass is 425 g/mol. The van der Waals surface area contributed by atoms with Gasteiger partial charge < -0.3 is 9.88 Å². The summed E-state index contributed by atoms with van der Waals surface area (Å²) in [6.07, 6.45) is 4.10. The van der Waals surface area contributed by atoms with Crippen LogP contribution in [0, 0.1) is 0 Å². The van der Waals surface area contributed by atoms with Crippen molar-refractivity contribution in [3.63, 3.8) is 0 Å². The lowest BCUT2D eigenvalue weighted by atomic mass is 10.1. The van der Waals surface area contributed by atoms with E-state index in [2.05, 4.69) is 5.32 Å². The normalized spacial score (nSPS) is 16.0. The Hall–Kier alpha value is -2.64. The minimum atomic E-state index is -3.43. The Morgan fingerprint density at radius 3 is 2.53 bits per heavy atom. The number of rotatable bonds is 7. The maximum atomic E-state index is 12.8. The van der Waals surface area contributed by atoms with Gasteiger partial charge in [0, 0.05) is 43.2 Å². The van der Waals surface area contributed by atoms with Crippen LogP contribution in [0.1, 0.15) is 37.8 Å². The summed E-state index contributed by atoms with van der Waals surface area (Å²) in [7, 11) is -3.43. The van der Waals surface area contributed by atoms with Crippen LogP contribution in [-0.4, -0.2) is 36.3 Å². The molecule has 3 aromatic rings. The fraction of sp³-hybridized carbons (Fsp3) is 0.348. The van der Waals surface area contributed by atoms with E-state index in [0.29, 0.717) is 31.0 Å². The Morgan fingerprint density at radius 2 is 1.80 bits per heavy atom. The van der Waals surface area contributed by atoms with E-state index in [0.717, 1.165) is 29.3 Å². The number of carbonyl (C=O) groups is 1. The lowest BCUT2D eigenvalue weighted by Crippen LogP contribution is -2.27. The van der Waals surface area contributed by atoms with Crippen LogP contribution in [0.2, 0.25) is 0 Å². The molecule has 1 saturated heterocycles. The molecular weight excluding hydrogens is 398 g/mol. The predicted octanol–water partition coefficient (Wildman–Crippen LogP) is 3.69. The van der Waals surface area contributed by atoms with Gasteiger partial charge in [0.05, 0.1) is 10.9 Å². The van der Waals surface area contributed by atoms with Crippen LogP contribution in [0.15, 0.2) is 65.7 Å². The summed E-state index contributed by atoms with van der Waals surface area (Å²) in [5, 5.41) is 3.90. The second-order valence-electron chi connectivity index (χ2n) is 7.79. The van der Waals surface area contributed by atoms with E-state index in [-0.39, 0.29) is 11.9 Å². The van der Waals surface area contributed by atoms with Crippen molar-refractivity contribution in [1.82, 2.24) is 14.2 Å². The maximum Gasteiger partial charge on any atom is 0.243 e. The third-order valence-electron chi connectivity index (χ3n) is 5.70. The van der Waals surface area contributed by atoms with E-state index in [4.69, 9.17) is 0 Å². The third kappa shape index (κ3) is 4.27. The van der Waals surface area contributed by atoms with E-state index < -0.39 is 10.0 Å². The maximum absolute atomic E-state index is 12.8. The van der Waals surface area contributed by atoms with Gasteiger partial charge in [0.2, 0.25) is 15.9 Å². The van der Waals surface area contributed by atoms with Gasteiger partial charge in [0.25, 0.3) is 0 Å². The molecule has 4 rings (SSSR count). The van der Waals surface area contributed by atoms with Crippen LogP contribution in [0.25, 0.3) is 10.9 Å². The van der Waals surface area contributed by atoms with E-state index in [1.807, 2.05) is 60.2 Å². The second kappa shape index (κ2) is 8.62. The molecule has 0 aliphatic carbocycles. The standard InChI is InChI=1S/C23H27N3O3S/c1-18(19-7-3-2-4-8-19)24-23(27)12-16-25-15-11-20-17-21(9-10-22(20)25)30(28,29)26-13-5-6-14-26/h2-4,7-11,15,17-18H,5-6,12-14,16H2,1H3,(H,24,27)/t18-/m0/s1. The van der Waals surface area contributed by atoms with Gasteiger partial charge in [-0.3, -0.25) is 4.79 Å². The average molecular weight is 426 g/mol. The fourth-order valence-electron chi connectivity index (χ4n) is 3.97. The van der Waals surface area contributed by atoms with Crippen LogP contribution in [0.3, 0.4) is 0 Å². The average Bonchev–Trinajstić information content (AvgIpc) is 3.43. The third-order valence-corrected chi connectivity index (χ3v) is 7.60. The van der Waals surface area contributed by atoms with Crippen molar-refractivity contribution in [3.8, 4) is 0 Å². The van der Waals surface area contributed by atoms with Gasteiger partial charge in [0.15, 0.2) is 0 Å². The molecule has 1 aromatic heterocycles.